The Kier molecular flexibility index (Phi) is 4.35. The summed E-state index contributed by atoms with van der Waals surface area (Å²) in [5.74, 6) is 0.879. The number of allylic oxidation sites excluding steroid dienone is 5. The molecule has 0 saturated heterocycles. The van der Waals surface area contributed by atoms with Crippen molar-refractivity contribution in [3.05, 3.63) is 35.1 Å². The van der Waals surface area contributed by atoms with Crippen molar-refractivity contribution in [2.75, 3.05) is 13.7 Å². The average Bonchev–Trinajstić information content (AvgIpc) is 2.29. The lowest BCUT2D eigenvalue weighted by atomic mass is 9.96. The lowest BCUT2D eigenvalue weighted by Crippen LogP contribution is -2.12. The predicted molar refractivity (Wildman–Crippen MR) is 65.2 cm³/mol. The van der Waals surface area contributed by atoms with Crippen molar-refractivity contribution in [3.8, 4) is 0 Å². The molecule has 0 bridgehead atoms. The van der Waals surface area contributed by atoms with Crippen LogP contribution in [0, 0.1) is 0 Å². The monoisotopic (exact) mass is 205 g/mol. The highest BCUT2D eigenvalue weighted by Gasteiger charge is 2.16. The van der Waals surface area contributed by atoms with Gasteiger partial charge in [-0.15, -0.1) is 0 Å². The number of rotatable bonds is 3. The third-order valence-corrected chi connectivity index (χ3v) is 2.42. The van der Waals surface area contributed by atoms with E-state index in [0.29, 0.717) is 0 Å². The van der Waals surface area contributed by atoms with Gasteiger partial charge in [0.15, 0.2) is 0 Å². The summed E-state index contributed by atoms with van der Waals surface area (Å²) < 4.78 is 5.37. The minimum absolute atomic E-state index is 0.780. The molecule has 1 aliphatic rings. The first-order valence-electron chi connectivity index (χ1n) is 5.44. The van der Waals surface area contributed by atoms with Crippen LogP contribution in [0.5, 0.6) is 0 Å². The molecule has 0 aromatic carbocycles. The molecule has 1 aliphatic carbocycles. The highest BCUT2D eigenvalue weighted by atomic mass is 16.5. The summed E-state index contributed by atoms with van der Waals surface area (Å²) >= 11 is 0. The Morgan fingerprint density at radius 3 is 2.53 bits per heavy atom. The molecule has 0 amide bonds. The van der Waals surface area contributed by atoms with E-state index in [4.69, 9.17) is 4.74 Å². The number of hydrogen-bond donors (Lipinski definition) is 0. The molecule has 0 atom stereocenters. The summed E-state index contributed by atoms with van der Waals surface area (Å²) in [6.07, 6.45) is 7.35. The van der Waals surface area contributed by atoms with Crippen LogP contribution in [0.3, 0.4) is 0 Å². The first-order valence-corrected chi connectivity index (χ1v) is 5.44. The van der Waals surface area contributed by atoms with Gasteiger partial charge in [-0.2, -0.15) is 0 Å². The number of hydrogen-bond acceptors (Lipinski definition) is 2. The van der Waals surface area contributed by atoms with Crippen molar-refractivity contribution in [2.45, 2.75) is 27.2 Å². The Morgan fingerprint density at radius 2 is 2.07 bits per heavy atom. The molecule has 0 radical (unpaired) electrons. The molecule has 2 heteroatoms. The lowest BCUT2D eigenvalue weighted by molar-refractivity contribution is 0.314. The minimum Gasteiger partial charge on any atom is -0.494 e. The topological polar surface area (TPSA) is 21.6 Å². The SMILES string of the molecule is C/C=C1/C=C(CC)C=C(OC)C1=NCC. The first-order chi connectivity index (χ1) is 7.26. The zero-order valence-electron chi connectivity index (χ0n) is 10.0. The second-order valence-corrected chi connectivity index (χ2v) is 3.35. The molecular formula is C13H19NO. The van der Waals surface area contributed by atoms with Crippen LogP contribution in [-0.2, 0) is 4.74 Å². The lowest BCUT2D eigenvalue weighted by Gasteiger charge is -2.17. The Hall–Kier alpha value is -1.31. The molecular weight excluding hydrogens is 186 g/mol. The van der Waals surface area contributed by atoms with E-state index < -0.39 is 0 Å². The van der Waals surface area contributed by atoms with Crippen LogP contribution in [0.2, 0.25) is 0 Å². The van der Waals surface area contributed by atoms with Gasteiger partial charge in [0.25, 0.3) is 0 Å². The number of ether oxygens (including phenoxy) is 1. The summed E-state index contributed by atoms with van der Waals surface area (Å²) in [4.78, 5) is 4.47. The van der Waals surface area contributed by atoms with Gasteiger partial charge in [0, 0.05) is 6.54 Å². The van der Waals surface area contributed by atoms with E-state index >= 15 is 0 Å². The Bertz CT molecular complexity index is 346. The van der Waals surface area contributed by atoms with Gasteiger partial charge < -0.3 is 4.74 Å². The summed E-state index contributed by atoms with van der Waals surface area (Å²) in [6.45, 7) is 6.99. The van der Waals surface area contributed by atoms with Crippen molar-refractivity contribution in [3.63, 3.8) is 0 Å². The maximum atomic E-state index is 5.37. The Labute approximate surface area is 92.1 Å². The van der Waals surface area contributed by atoms with Crippen molar-refractivity contribution < 1.29 is 4.74 Å². The molecule has 2 nitrogen and oxygen atoms in total. The molecule has 15 heavy (non-hydrogen) atoms. The maximum absolute atomic E-state index is 5.37. The van der Waals surface area contributed by atoms with Crippen molar-refractivity contribution in [1.29, 1.82) is 0 Å². The second kappa shape index (κ2) is 5.54. The molecule has 0 saturated carbocycles. The fourth-order valence-electron chi connectivity index (χ4n) is 1.60. The summed E-state index contributed by atoms with van der Waals surface area (Å²) in [5.41, 5.74) is 3.42. The van der Waals surface area contributed by atoms with Gasteiger partial charge >= 0.3 is 0 Å². The molecule has 0 aliphatic heterocycles. The van der Waals surface area contributed by atoms with Crippen LogP contribution in [0.25, 0.3) is 0 Å². The first kappa shape index (κ1) is 11.8. The summed E-state index contributed by atoms with van der Waals surface area (Å²) in [7, 11) is 1.70. The zero-order chi connectivity index (χ0) is 11.3. The van der Waals surface area contributed by atoms with Crippen LogP contribution in [0.15, 0.2) is 40.1 Å². The highest BCUT2D eigenvalue weighted by molar-refractivity contribution is 6.14. The number of nitrogens with zero attached hydrogens (tertiary/aromatic N) is 1. The molecule has 0 heterocycles. The van der Waals surface area contributed by atoms with Crippen LogP contribution in [0.1, 0.15) is 27.2 Å². The third kappa shape index (κ3) is 2.58. The van der Waals surface area contributed by atoms with Gasteiger partial charge in [-0.25, -0.2) is 0 Å². The van der Waals surface area contributed by atoms with E-state index in [-0.39, 0.29) is 0 Å². The summed E-state index contributed by atoms with van der Waals surface area (Å²) in [5, 5.41) is 0. The van der Waals surface area contributed by atoms with E-state index in [1.807, 2.05) is 13.8 Å². The quantitative estimate of drug-likeness (QED) is 0.693. The van der Waals surface area contributed by atoms with Gasteiger partial charge in [-0.05, 0) is 43.6 Å². The second-order valence-electron chi connectivity index (χ2n) is 3.35. The predicted octanol–water partition coefficient (Wildman–Crippen LogP) is 3.27. The van der Waals surface area contributed by atoms with Gasteiger partial charge in [-0.1, -0.05) is 13.0 Å². The van der Waals surface area contributed by atoms with Gasteiger partial charge in [0.05, 0.1) is 7.11 Å². The van der Waals surface area contributed by atoms with Gasteiger partial charge in [0.1, 0.15) is 11.5 Å². The van der Waals surface area contributed by atoms with Gasteiger partial charge in [-0.3, -0.25) is 4.99 Å². The van der Waals surface area contributed by atoms with Crippen LogP contribution in [-0.4, -0.2) is 19.4 Å². The summed E-state index contributed by atoms with van der Waals surface area (Å²) in [6, 6.07) is 0. The van der Waals surface area contributed by atoms with Crippen molar-refractivity contribution in [2.24, 2.45) is 4.99 Å². The minimum atomic E-state index is 0.780. The van der Waals surface area contributed by atoms with Gasteiger partial charge in [0.2, 0.25) is 0 Å². The molecule has 0 spiro atoms. The molecule has 82 valence electrons. The smallest absolute Gasteiger partial charge is 0.144 e. The molecule has 0 N–H and O–H groups in total. The van der Waals surface area contributed by atoms with Crippen LogP contribution in [0.4, 0.5) is 0 Å². The van der Waals surface area contributed by atoms with E-state index in [1.165, 1.54) is 5.57 Å². The molecule has 0 aromatic rings. The fraction of sp³-hybridized carbons (Fsp3) is 0.462. The van der Waals surface area contributed by atoms with E-state index in [2.05, 4.69) is 30.1 Å². The third-order valence-electron chi connectivity index (χ3n) is 2.42. The normalized spacial score (nSPS) is 21.6. The van der Waals surface area contributed by atoms with E-state index in [9.17, 15) is 0 Å². The zero-order valence-corrected chi connectivity index (χ0v) is 10.0. The fourth-order valence-corrected chi connectivity index (χ4v) is 1.60. The Morgan fingerprint density at radius 1 is 1.33 bits per heavy atom. The van der Waals surface area contributed by atoms with Crippen molar-refractivity contribution in [1.82, 2.24) is 0 Å². The molecule has 0 aromatic heterocycles. The maximum Gasteiger partial charge on any atom is 0.144 e. The largest absolute Gasteiger partial charge is 0.494 e. The Balaban J connectivity index is 3.15. The van der Waals surface area contributed by atoms with E-state index in [0.717, 1.165) is 30.0 Å². The highest BCUT2D eigenvalue weighted by Crippen LogP contribution is 2.22. The van der Waals surface area contributed by atoms with Crippen molar-refractivity contribution >= 4 is 5.71 Å². The molecule has 0 unspecified atom stereocenters. The average molecular weight is 205 g/mol. The van der Waals surface area contributed by atoms with Crippen LogP contribution < -0.4 is 0 Å². The number of aliphatic imine (C=N–C) groups is 1. The number of methoxy groups -OCH3 is 1. The van der Waals surface area contributed by atoms with Crippen LogP contribution >= 0.6 is 0 Å². The molecule has 0 fully saturated rings. The standard InChI is InChI=1S/C13H19NO/c1-5-10-8-11(6-2)13(14-7-3)12(9-10)15-4/h6,8-9H,5,7H2,1-4H3/b11-6-,14-13?. The van der Waals surface area contributed by atoms with E-state index in [1.54, 1.807) is 7.11 Å². The molecule has 1 rings (SSSR count).